The molecule has 1 aromatic heterocycles. The van der Waals surface area contributed by atoms with Gasteiger partial charge in [-0.05, 0) is 55.2 Å². The fraction of sp³-hybridized carbons (Fsp3) is 0.400. The van der Waals surface area contributed by atoms with Gasteiger partial charge in [-0.25, -0.2) is 4.98 Å². The molecule has 1 fully saturated rings. The molecule has 1 aromatic carbocycles. The predicted molar refractivity (Wildman–Crippen MR) is 107 cm³/mol. The normalized spacial score (nSPS) is 16.5. The SMILES string of the molecule is COc1ccc(Br)cc1CCC(=O)NC[C@H]1CCCN1c1ccccn1. The maximum Gasteiger partial charge on any atom is 0.220 e. The highest BCUT2D eigenvalue weighted by Gasteiger charge is 2.25. The highest BCUT2D eigenvalue weighted by atomic mass is 79.9. The Kier molecular flexibility index (Phi) is 6.50. The van der Waals surface area contributed by atoms with E-state index in [-0.39, 0.29) is 5.91 Å². The van der Waals surface area contributed by atoms with Crippen LogP contribution in [0.1, 0.15) is 24.8 Å². The molecule has 1 saturated heterocycles. The molecule has 2 aromatic rings. The molecule has 26 heavy (non-hydrogen) atoms. The van der Waals surface area contributed by atoms with Crippen LogP contribution in [0.5, 0.6) is 5.75 Å². The number of benzene rings is 1. The zero-order chi connectivity index (χ0) is 18.4. The van der Waals surface area contributed by atoms with Crippen molar-refractivity contribution in [2.45, 2.75) is 31.7 Å². The molecule has 2 heterocycles. The lowest BCUT2D eigenvalue weighted by Crippen LogP contribution is -2.40. The number of amides is 1. The summed E-state index contributed by atoms with van der Waals surface area (Å²) >= 11 is 3.47. The number of hydrogen-bond donors (Lipinski definition) is 1. The summed E-state index contributed by atoms with van der Waals surface area (Å²) in [6, 6.07) is 12.1. The van der Waals surface area contributed by atoms with Crippen molar-refractivity contribution in [2.75, 3.05) is 25.1 Å². The number of pyridine rings is 1. The Balaban J connectivity index is 1.50. The molecule has 6 heteroatoms. The number of aromatic nitrogens is 1. The first kappa shape index (κ1) is 18.7. The third-order valence-corrected chi connectivity index (χ3v) is 5.21. The van der Waals surface area contributed by atoms with Crippen LogP contribution in [0, 0.1) is 0 Å². The smallest absolute Gasteiger partial charge is 0.220 e. The number of methoxy groups -OCH3 is 1. The molecule has 0 aliphatic carbocycles. The Bertz CT molecular complexity index is 739. The average molecular weight is 418 g/mol. The van der Waals surface area contributed by atoms with Crippen LogP contribution < -0.4 is 15.0 Å². The molecular formula is C20H24BrN3O2. The molecule has 0 radical (unpaired) electrons. The first-order valence-corrected chi connectivity index (χ1v) is 9.73. The topological polar surface area (TPSA) is 54.5 Å². The largest absolute Gasteiger partial charge is 0.496 e. The van der Waals surface area contributed by atoms with E-state index in [9.17, 15) is 4.79 Å². The minimum absolute atomic E-state index is 0.0694. The molecular weight excluding hydrogens is 394 g/mol. The zero-order valence-corrected chi connectivity index (χ0v) is 16.5. The van der Waals surface area contributed by atoms with Crippen LogP contribution in [0.25, 0.3) is 0 Å². The Morgan fingerprint density at radius 2 is 2.27 bits per heavy atom. The van der Waals surface area contributed by atoms with Crippen LogP contribution in [-0.4, -0.2) is 37.1 Å². The monoisotopic (exact) mass is 417 g/mol. The number of nitrogens with one attached hydrogen (secondary N) is 1. The average Bonchev–Trinajstić information content (AvgIpc) is 3.14. The zero-order valence-electron chi connectivity index (χ0n) is 15.0. The van der Waals surface area contributed by atoms with Crippen LogP contribution in [0.2, 0.25) is 0 Å². The van der Waals surface area contributed by atoms with Crippen molar-refractivity contribution in [3.8, 4) is 5.75 Å². The Morgan fingerprint density at radius 1 is 1.38 bits per heavy atom. The van der Waals surface area contributed by atoms with Gasteiger partial charge in [-0.1, -0.05) is 22.0 Å². The van der Waals surface area contributed by atoms with E-state index in [0.29, 0.717) is 25.4 Å². The number of carbonyl (C=O) groups excluding carboxylic acids is 1. The summed E-state index contributed by atoms with van der Waals surface area (Å²) in [5.41, 5.74) is 1.04. The molecule has 3 rings (SSSR count). The van der Waals surface area contributed by atoms with Gasteiger partial charge in [0.15, 0.2) is 0 Å². The Labute approximate surface area is 162 Å². The molecule has 138 valence electrons. The van der Waals surface area contributed by atoms with Crippen molar-refractivity contribution in [2.24, 2.45) is 0 Å². The van der Waals surface area contributed by atoms with Crippen molar-refractivity contribution in [1.82, 2.24) is 10.3 Å². The number of rotatable bonds is 7. The molecule has 0 saturated carbocycles. The molecule has 0 bridgehead atoms. The first-order chi connectivity index (χ1) is 12.7. The number of hydrogen-bond acceptors (Lipinski definition) is 4. The fourth-order valence-electron chi connectivity index (χ4n) is 3.38. The molecule has 1 aliphatic heterocycles. The highest BCUT2D eigenvalue weighted by molar-refractivity contribution is 9.10. The van der Waals surface area contributed by atoms with Gasteiger partial charge in [0.1, 0.15) is 11.6 Å². The van der Waals surface area contributed by atoms with E-state index in [2.05, 4.69) is 31.1 Å². The molecule has 1 N–H and O–H groups in total. The van der Waals surface area contributed by atoms with E-state index in [0.717, 1.165) is 41.0 Å². The lowest BCUT2D eigenvalue weighted by atomic mass is 10.1. The minimum atomic E-state index is 0.0694. The van der Waals surface area contributed by atoms with Gasteiger partial charge in [-0.15, -0.1) is 0 Å². The molecule has 5 nitrogen and oxygen atoms in total. The van der Waals surface area contributed by atoms with Crippen molar-refractivity contribution in [1.29, 1.82) is 0 Å². The van der Waals surface area contributed by atoms with Gasteiger partial charge < -0.3 is 15.0 Å². The number of aryl methyl sites for hydroxylation is 1. The highest BCUT2D eigenvalue weighted by Crippen LogP contribution is 2.25. The number of anilines is 1. The van der Waals surface area contributed by atoms with E-state index >= 15 is 0 Å². The van der Waals surface area contributed by atoms with Crippen LogP contribution in [0.15, 0.2) is 47.1 Å². The van der Waals surface area contributed by atoms with Crippen molar-refractivity contribution < 1.29 is 9.53 Å². The maximum absolute atomic E-state index is 12.3. The van der Waals surface area contributed by atoms with E-state index in [4.69, 9.17) is 4.74 Å². The lowest BCUT2D eigenvalue weighted by Gasteiger charge is -2.25. The summed E-state index contributed by atoms with van der Waals surface area (Å²) in [5, 5.41) is 3.09. The second-order valence-corrected chi connectivity index (χ2v) is 7.35. The third kappa shape index (κ3) is 4.75. The summed E-state index contributed by atoms with van der Waals surface area (Å²) in [6.07, 6.45) is 5.13. The van der Waals surface area contributed by atoms with Gasteiger partial charge in [0.2, 0.25) is 5.91 Å². The van der Waals surface area contributed by atoms with Crippen LogP contribution in [0.3, 0.4) is 0 Å². The summed E-state index contributed by atoms with van der Waals surface area (Å²) in [5.74, 6) is 1.88. The van der Waals surface area contributed by atoms with Gasteiger partial charge >= 0.3 is 0 Å². The molecule has 0 unspecified atom stereocenters. The molecule has 0 spiro atoms. The Hall–Kier alpha value is -2.08. The van der Waals surface area contributed by atoms with Gasteiger partial charge in [-0.2, -0.15) is 0 Å². The number of halogens is 1. The second kappa shape index (κ2) is 9.03. The van der Waals surface area contributed by atoms with E-state index in [1.165, 1.54) is 0 Å². The molecule has 1 aliphatic rings. The summed E-state index contributed by atoms with van der Waals surface area (Å²) in [4.78, 5) is 19.0. The standard InChI is InChI=1S/C20H24BrN3O2/c1-26-18-9-8-16(21)13-15(18)7-10-20(25)23-14-17-5-4-12-24(17)19-6-2-3-11-22-19/h2-3,6,8-9,11,13,17H,4-5,7,10,12,14H2,1H3,(H,23,25)/t17-/m1/s1. The molecule has 1 amide bonds. The van der Waals surface area contributed by atoms with Crippen LogP contribution in [-0.2, 0) is 11.2 Å². The summed E-state index contributed by atoms with van der Waals surface area (Å²) in [7, 11) is 1.65. The van der Waals surface area contributed by atoms with Crippen molar-refractivity contribution >= 4 is 27.7 Å². The number of nitrogens with zero attached hydrogens (tertiary/aromatic N) is 2. The van der Waals surface area contributed by atoms with Crippen molar-refractivity contribution in [3.63, 3.8) is 0 Å². The van der Waals surface area contributed by atoms with Gasteiger partial charge in [0.25, 0.3) is 0 Å². The van der Waals surface area contributed by atoms with Gasteiger partial charge in [0.05, 0.1) is 7.11 Å². The van der Waals surface area contributed by atoms with Crippen LogP contribution in [0.4, 0.5) is 5.82 Å². The van der Waals surface area contributed by atoms with Gasteiger partial charge in [-0.3, -0.25) is 4.79 Å². The van der Waals surface area contributed by atoms with E-state index < -0.39 is 0 Å². The quantitative estimate of drug-likeness (QED) is 0.747. The first-order valence-electron chi connectivity index (χ1n) is 8.94. The lowest BCUT2D eigenvalue weighted by molar-refractivity contribution is -0.121. The van der Waals surface area contributed by atoms with Gasteiger partial charge in [0, 0.05) is 36.2 Å². The van der Waals surface area contributed by atoms with Crippen LogP contribution >= 0.6 is 15.9 Å². The fourth-order valence-corrected chi connectivity index (χ4v) is 3.79. The number of ether oxygens (including phenoxy) is 1. The minimum Gasteiger partial charge on any atom is -0.496 e. The third-order valence-electron chi connectivity index (χ3n) is 4.72. The second-order valence-electron chi connectivity index (χ2n) is 6.44. The van der Waals surface area contributed by atoms with E-state index in [1.54, 1.807) is 7.11 Å². The number of carbonyl (C=O) groups is 1. The van der Waals surface area contributed by atoms with Crippen molar-refractivity contribution in [3.05, 3.63) is 52.6 Å². The summed E-state index contributed by atoms with van der Waals surface area (Å²) in [6.45, 7) is 1.65. The maximum atomic E-state index is 12.3. The molecule has 1 atom stereocenters. The summed E-state index contributed by atoms with van der Waals surface area (Å²) < 4.78 is 6.36. The predicted octanol–water partition coefficient (Wildman–Crippen LogP) is 3.57. The Morgan fingerprint density at radius 3 is 3.04 bits per heavy atom. The van der Waals surface area contributed by atoms with E-state index in [1.807, 2.05) is 42.6 Å².